The first-order chi connectivity index (χ1) is 13.6. The molecule has 0 aliphatic carbocycles. The summed E-state index contributed by atoms with van der Waals surface area (Å²) in [7, 11) is 0. The van der Waals surface area contributed by atoms with E-state index in [4.69, 9.17) is 9.97 Å². The van der Waals surface area contributed by atoms with Crippen LogP contribution in [0.5, 0.6) is 0 Å². The number of carbonyl (C=O) groups is 1. The Morgan fingerprint density at radius 2 is 1.86 bits per heavy atom. The maximum Gasteiger partial charge on any atom is 0.224 e. The highest BCUT2D eigenvalue weighted by Gasteiger charge is 2.27. The average Bonchev–Trinajstić information content (AvgIpc) is 3.42. The summed E-state index contributed by atoms with van der Waals surface area (Å²) in [5.41, 5.74) is 2.28. The topological polar surface area (TPSA) is 80.0 Å². The van der Waals surface area contributed by atoms with Crippen LogP contribution in [0.3, 0.4) is 0 Å². The molecule has 0 N–H and O–H groups in total. The summed E-state index contributed by atoms with van der Waals surface area (Å²) in [4.78, 5) is 30.6. The molecule has 2 fully saturated rings. The van der Waals surface area contributed by atoms with Crippen LogP contribution in [-0.2, 0) is 11.3 Å². The lowest BCUT2D eigenvalue weighted by atomic mass is 9.95. The Bertz CT molecular complexity index is 806. The molecule has 4 rings (SSSR count). The number of anilines is 1. The van der Waals surface area contributed by atoms with E-state index in [1.165, 1.54) is 24.7 Å². The summed E-state index contributed by atoms with van der Waals surface area (Å²) in [6, 6.07) is 0. The zero-order valence-corrected chi connectivity index (χ0v) is 16.8. The van der Waals surface area contributed by atoms with Crippen LogP contribution in [0, 0.1) is 13.8 Å². The van der Waals surface area contributed by atoms with Crippen molar-refractivity contribution in [1.82, 2.24) is 29.6 Å². The molecule has 2 aliphatic rings. The van der Waals surface area contributed by atoms with E-state index >= 15 is 0 Å². The Morgan fingerprint density at radius 1 is 1.11 bits per heavy atom. The quantitative estimate of drug-likeness (QED) is 0.786. The summed E-state index contributed by atoms with van der Waals surface area (Å²) in [6.07, 6.45) is 7.95. The second-order valence-corrected chi connectivity index (χ2v) is 7.87. The fraction of sp³-hybridized carbons (Fsp3) is 0.650. The predicted molar refractivity (Wildman–Crippen MR) is 106 cm³/mol. The van der Waals surface area contributed by atoms with E-state index in [2.05, 4.69) is 28.8 Å². The molecule has 0 atom stereocenters. The van der Waals surface area contributed by atoms with E-state index in [-0.39, 0.29) is 5.91 Å². The standard InChI is InChI=1S/C20H29N7O/c1-15-16(2)23-19(24-20(15)26-8-3-4-9-26)17-5-10-25(11-6-17)18(28)7-12-27-14-21-13-22-27/h13-14,17H,3-12H2,1-2H3. The Labute approximate surface area is 166 Å². The fourth-order valence-corrected chi connectivity index (χ4v) is 4.16. The van der Waals surface area contributed by atoms with Gasteiger partial charge in [0, 0.05) is 49.8 Å². The summed E-state index contributed by atoms with van der Waals surface area (Å²) >= 11 is 0. The largest absolute Gasteiger partial charge is 0.356 e. The summed E-state index contributed by atoms with van der Waals surface area (Å²) < 4.78 is 1.70. The van der Waals surface area contributed by atoms with Crippen molar-refractivity contribution in [2.24, 2.45) is 0 Å². The van der Waals surface area contributed by atoms with Gasteiger partial charge in [-0.1, -0.05) is 0 Å². The SMILES string of the molecule is Cc1nc(C2CCN(C(=O)CCn3cncn3)CC2)nc(N2CCCC2)c1C. The Hall–Kier alpha value is -2.51. The summed E-state index contributed by atoms with van der Waals surface area (Å²) in [6.45, 7) is 8.53. The molecule has 4 heterocycles. The Morgan fingerprint density at radius 3 is 2.54 bits per heavy atom. The number of amides is 1. The zero-order valence-electron chi connectivity index (χ0n) is 16.8. The Kier molecular flexibility index (Phi) is 5.54. The number of rotatable bonds is 5. The number of hydrogen-bond donors (Lipinski definition) is 0. The minimum atomic E-state index is 0.188. The molecule has 1 amide bonds. The average molecular weight is 384 g/mol. The van der Waals surface area contributed by atoms with Crippen LogP contribution in [0.15, 0.2) is 12.7 Å². The van der Waals surface area contributed by atoms with E-state index in [9.17, 15) is 4.79 Å². The third kappa shape index (κ3) is 4.00. The monoisotopic (exact) mass is 383 g/mol. The van der Waals surface area contributed by atoms with Gasteiger partial charge in [-0.3, -0.25) is 9.48 Å². The van der Waals surface area contributed by atoms with Crippen LogP contribution in [0.4, 0.5) is 5.82 Å². The first-order valence-corrected chi connectivity index (χ1v) is 10.3. The lowest BCUT2D eigenvalue weighted by Gasteiger charge is -2.32. The third-order valence-electron chi connectivity index (χ3n) is 6.02. The van der Waals surface area contributed by atoms with Crippen molar-refractivity contribution in [3.05, 3.63) is 29.7 Å². The lowest BCUT2D eigenvalue weighted by Crippen LogP contribution is -2.38. The van der Waals surface area contributed by atoms with Crippen LogP contribution in [0.1, 0.15) is 55.1 Å². The van der Waals surface area contributed by atoms with Gasteiger partial charge in [0.05, 0.1) is 6.54 Å². The highest BCUT2D eigenvalue weighted by atomic mass is 16.2. The number of nitrogens with zero attached hydrogens (tertiary/aromatic N) is 7. The van der Waals surface area contributed by atoms with Crippen molar-refractivity contribution < 1.29 is 4.79 Å². The molecule has 28 heavy (non-hydrogen) atoms. The predicted octanol–water partition coefficient (Wildman–Crippen LogP) is 2.08. The summed E-state index contributed by atoms with van der Waals surface area (Å²) in [5.74, 6) is 2.60. The third-order valence-corrected chi connectivity index (χ3v) is 6.02. The first-order valence-electron chi connectivity index (χ1n) is 10.3. The van der Waals surface area contributed by atoms with Gasteiger partial charge in [0.15, 0.2) is 0 Å². The fourth-order valence-electron chi connectivity index (χ4n) is 4.16. The number of aromatic nitrogens is 5. The van der Waals surface area contributed by atoms with Crippen molar-refractivity contribution in [2.45, 2.75) is 58.4 Å². The van der Waals surface area contributed by atoms with Crippen LogP contribution >= 0.6 is 0 Å². The molecule has 0 spiro atoms. The van der Waals surface area contributed by atoms with Gasteiger partial charge in [0.25, 0.3) is 0 Å². The highest BCUT2D eigenvalue weighted by molar-refractivity contribution is 5.76. The lowest BCUT2D eigenvalue weighted by molar-refractivity contribution is -0.132. The molecule has 2 aliphatic heterocycles. The molecule has 2 aromatic rings. The molecule has 2 aromatic heterocycles. The maximum atomic E-state index is 12.5. The molecule has 8 nitrogen and oxygen atoms in total. The maximum absolute atomic E-state index is 12.5. The molecule has 0 aromatic carbocycles. The van der Waals surface area contributed by atoms with Gasteiger partial charge in [-0.25, -0.2) is 15.0 Å². The summed E-state index contributed by atoms with van der Waals surface area (Å²) in [5, 5.41) is 4.06. The Balaban J connectivity index is 1.37. The molecular weight excluding hydrogens is 354 g/mol. The van der Waals surface area contributed by atoms with Gasteiger partial charge in [-0.05, 0) is 39.5 Å². The number of hydrogen-bond acceptors (Lipinski definition) is 6. The highest BCUT2D eigenvalue weighted by Crippen LogP contribution is 2.30. The van der Waals surface area contributed by atoms with Crippen molar-refractivity contribution in [2.75, 3.05) is 31.1 Å². The number of aryl methyl sites for hydroxylation is 2. The van der Waals surface area contributed by atoms with Gasteiger partial charge in [0.1, 0.15) is 24.3 Å². The van der Waals surface area contributed by atoms with Crippen LogP contribution < -0.4 is 4.90 Å². The number of likely N-dealkylation sites (tertiary alicyclic amines) is 1. The minimum Gasteiger partial charge on any atom is -0.356 e. The van der Waals surface area contributed by atoms with E-state index in [1.807, 2.05) is 4.90 Å². The van der Waals surface area contributed by atoms with Crippen LogP contribution in [-0.4, -0.2) is 61.7 Å². The van der Waals surface area contributed by atoms with Crippen LogP contribution in [0.25, 0.3) is 0 Å². The number of carbonyl (C=O) groups excluding carboxylic acids is 1. The number of piperidine rings is 1. The van der Waals surface area contributed by atoms with Gasteiger partial charge in [-0.15, -0.1) is 0 Å². The molecule has 8 heteroatoms. The molecular formula is C20H29N7O. The smallest absolute Gasteiger partial charge is 0.224 e. The second kappa shape index (κ2) is 8.24. The van der Waals surface area contributed by atoms with E-state index in [0.29, 0.717) is 18.9 Å². The van der Waals surface area contributed by atoms with Crippen molar-refractivity contribution in [3.63, 3.8) is 0 Å². The normalized spacial score (nSPS) is 18.1. The molecule has 0 bridgehead atoms. The van der Waals surface area contributed by atoms with Gasteiger partial charge in [-0.2, -0.15) is 5.10 Å². The van der Waals surface area contributed by atoms with Gasteiger partial charge < -0.3 is 9.80 Å². The molecule has 2 saturated heterocycles. The van der Waals surface area contributed by atoms with E-state index < -0.39 is 0 Å². The second-order valence-electron chi connectivity index (χ2n) is 7.87. The minimum absolute atomic E-state index is 0.188. The van der Waals surface area contributed by atoms with E-state index in [1.54, 1.807) is 11.0 Å². The molecule has 0 radical (unpaired) electrons. The van der Waals surface area contributed by atoms with Gasteiger partial charge >= 0.3 is 0 Å². The van der Waals surface area contributed by atoms with Crippen molar-refractivity contribution in [1.29, 1.82) is 0 Å². The van der Waals surface area contributed by atoms with E-state index in [0.717, 1.165) is 56.4 Å². The van der Waals surface area contributed by atoms with Gasteiger partial charge in [0.2, 0.25) is 5.91 Å². The van der Waals surface area contributed by atoms with Crippen molar-refractivity contribution in [3.8, 4) is 0 Å². The molecule has 150 valence electrons. The molecule has 0 saturated carbocycles. The first kappa shape index (κ1) is 18.8. The van der Waals surface area contributed by atoms with Crippen molar-refractivity contribution >= 4 is 11.7 Å². The van der Waals surface area contributed by atoms with Crippen LogP contribution in [0.2, 0.25) is 0 Å². The molecule has 0 unspecified atom stereocenters. The zero-order chi connectivity index (χ0) is 19.5.